The average molecular weight is 314 g/mol. The maximum absolute atomic E-state index is 12.5. The molecule has 1 aliphatic rings. The van der Waals surface area contributed by atoms with Crippen LogP contribution in [0.5, 0.6) is 0 Å². The molecule has 0 spiro atoms. The fourth-order valence-corrected chi connectivity index (χ4v) is 7.89. The van der Waals surface area contributed by atoms with Crippen LogP contribution in [0.15, 0.2) is 60.7 Å². The summed E-state index contributed by atoms with van der Waals surface area (Å²) in [5.74, 6) is 0.372. The lowest BCUT2D eigenvalue weighted by molar-refractivity contribution is -0.119. The number of hydrogen-bond donors (Lipinski definition) is 0. The van der Waals surface area contributed by atoms with Crippen LogP contribution >= 0.6 is 6.04 Å². The van der Waals surface area contributed by atoms with Gasteiger partial charge in [0.1, 0.15) is 5.78 Å². The third-order valence-electron chi connectivity index (χ3n) is 4.24. The molecule has 21 heavy (non-hydrogen) atoms. The van der Waals surface area contributed by atoms with Gasteiger partial charge in [0.25, 0.3) is 0 Å². The van der Waals surface area contributed by atoms with E-state index in [9.17, 15) is 4.79 Å². The first-order valence-electron chi connectivity index (χ1n) is 7.46. The molecule has 0 radical (unpaired) electrons. The van der Waals surface area contributed by atoms with Crippen molar-refractivity contribution in [3.05, 3.63) is 60.7 Å². The van der Waals surface area contributed by atoms with E-state index >= 15 is 0 Å². The van der Waals surface area contributed by atoms with Gasteiger partial charge in [-0.15, -0.1) is 0 Å². The Balaban J connectivity index is 2.16. The summed E-state index contributed by atoms with van der Waals surface area (Å²) in [6.07, 6.45) is 3.78. The third-order valence-corrected chi connectivity index (χ3v) is 9.82. The van der Waals surface area contributed by atoms with E-state index in [1.165, 1.54) is 10.6 Å². The van der Waals surface area contributed by atoms with Gasteiger partial charge >= 0.3 is 0 Å². The summed E-state index contributed by atoms with van der Waals surface area (Å²) >= 11 is 6.22. The van der Waals surface area contributed by atoms with E-state index in [0.29, 0.717) is 12.2 Å². The molecule has 0 heterocycles. The van der Waals surface area contributed by atoms with Gasteiger partial charge in [-0.05, 0) is 23.5 Å². The van der Waals surface area contributed by atoms with Crippen molar-refractivity contribution >= 4 is 34.2 Å². The van der Waals surface area contributed by atoms with Gasteiger partial charge in [0, 0.05) is 12.5 Å². The molecule has 0 N–H and O–H groups in total. The highest BCUT2D eigenvalue weighted by molar-refractivity contribution is 8.22. The number of hydrogen-bond acceptors (Lipinski definition) is 2. The summed E-state index contributed by atoms with van der Waals surface area (Å²) in [4.78, 5) is 12.5. The summed E-state index contributed by atoms with van der Waals surface area (Å²) in [5, 5.41) is 2.35. The quantitative estimate of drug-likeness (QED) is 0.805. The second-order valence-electron chi connectivity index (χ2n) is 5.56. The van der Waals surface area contributed by atoms with E-state index in [2.05, 4.69) is 24.3 Å². The van der Waals surface area contributed by atoms with Crippen molar-refractivity contribution in [3.63, 3.8) is 0 Å². The zero-order valence-corrected chi connectivity index (χ0v) is 13.7. The van der Waals surface area contributed by atoms with E-state index in [1.54, 1.807) is 0 Å². The van der Waals surface area contributed by atoms with Crippen LogP contribution in [0.4, 0.5) is 0 Å². The van der Waals surface area contributed by atoms with Crippen LogP contribution in [-0.4, -0.2) is 11.4 Å². The number of carbonyl (C=O) groups is 1. The van der Waals surface area contributed by atoms with E-state index in [4.69, 9.17) is 11.8 Å². The van der Waals surface area contributed by atoms with Gasteiger partial charge in [-0.25, -0.2) is 0 Å². The molecule has 1 aliphatic carbocycles. The number of carbonyl (C=O) groups excluding carboxylic acids is 1. The van der Waals surface area contributed by atoms with Crippen molar-refractivity contribution in [1.82, 2.24) is 0 Å². The minimum Gasteiger partial charge on any atom is -0.299 e. The van der Waals surface area contributed by atoms with Crippen LogP contribution < -0.4 is 10.6 Å². The summed E-state index contributed by atoms with van der Waals surface area (Å²) in [7, 11) is 0. The molecule has 108 valence electrons. The minimum absolute atomic E-state index is 0.0195. The van der Waals surface area contributed by atoms with Crippen LogP contribution in [0.1, 0.15) is 25.7 Å². The van der Waals surface area contributed by atoms with Crippen molar-refractivity contribution < 1.29 is 4.79 Å². The van der Waals surface area contributed by atoms with Gasteiger partial charge in [0.05, 0.1) is 5.66 Å². The zero-order valence-electron chi connectivity index (χ0n) is 11.9. The molecule has 0 bridgehead atoms. The molecule has 3 heteroatoms. The van der Waals surface area contributed by atoms with Gasteiger partial charge in [-0.1, -0.05) is 78.9 Å². The highest BCUT2D eigenvalue weighted by Gasteiger charge is 2.37. The van der Waals surface area contributed by atoms with Crippen LogP contribution in [0.25, 0.3) is 0 Å². The molecule has 2 aromatic carbocycles. The van der Waals surface area contributed by atoms with E-state index in [1.807, 2.05) is 36.4 Å². The molecule has 0 aliphatic heterocycles. The number of benzene rings is 2. The predicted octanol–water partition coefficient (Wildman–Crippen LogP) is 3.63. The van der Waals surface area contributed by atoms with Gasteiger partial charge in [-0.2, -0.15) is 0 Å². The second kappa shape index (κ2) is 6.25. The minimum atomic E-state index is -2.07. The third kappa shape index (κ3) is 2.75. The lowest BCUT2D eigenvalue weighted by atomic mass is 9.99. The Hall–Kier alpha value is -1.24. The first-order chi connectivity index (χ1) is 10.2. The standard InChI is InChI=1S/C18H19OPS/c19-17-13-7-8-14-18(17)20(21,15-9-3-1-4-10-15)16-11-5-2-6-12-16/h1-6,9-12,18H,7-8,13-14H2/t18-/m1/s1. The van der Waals surface area contributed by atoms with E-state index in [-0.39, 0.29) is 5.66 Å². The Bertz CT molecular complexity index is 623. The Labute approximate surface area is 131 Å². The van der Waals surface area contributed by atoms with Crippen molar-refractivity contribution in [2.45, 2.75) is 31.3 Å². The summed E-state index contributed by atoms with van der Waals surface area (Å²) in [6, 6.07) is 18.5. The molecule has 0 saturated heterocycles. The summed E-state index contributed by atoms with van der Waals surface area (Å²) < 4.78 is 0. The maximum atomic E-state index is 12.5. The zero-order chi connectivity index (χ0) is 14.7. The molecule has 0 aromatic heterocycles. The fourth-order valence-electron chi connectivity index (χ4n) is 3.16. The van der Waals surface area contributed by atoms with E-state index < -0.39 is 6.04 Å². The Kier molecular flexibility index (Phi) is 4.37. The Morgan fingerprint density at radius 1 is 0.857 bits per heavy atom. The first-order valence-corrected chi connectivity index (χ1v) is 10.3. The molecule has 1 fully saturated rings. The Morgan fingerprint density at radius 3 is 1.86 bits per heavy atom. The number of ketones is 1. The van der Waals surface area contributed by atoms with Crippen molar-refractivity contribution in [2.24, 2.45) is 0 Å². The molecule has 0 unspecified atom stereocenters. The molecule has 1 saturated carbocycles. The molecular weight excluding hydrogens is 295 g/mol. The van der Waals surface area contributed by atoms with Crippen LogP contribution in [0, 0.1) is 0 Å². The predicted molar refractivity (Wildman–Crippen MR) is 93.7 cm³/mol. The van der Waals surface area contributed by atoms with E-state index in [0.717, 1.165) is 19.3 Å². The SMILES string of the molecule is O=C1CCCC[C@H]1P(=S)(c1ccccc1)c1ccccc1. The monoisotopic (exact) mass is 314 g/mol. The van der Waals surface area contributed by atoms with Gasteiger partial charge in [0.15, 0.2) is 0 Å². The lowest BCUT2D eigenvalue weighted by Crippen LogP contribution is -2.33. The largest absolute Gasteiger partial charge is 0.299 e. The highest BCUT2D eigenvalue weighted by Crippen LogP contribution is 2.52. The number of Topliss-reactive ketones (excluding diaryl/α,β-unsaturated/α-hetero) is 1. The maximum Gasteiger partial charge on any atom is 0.141 e. The normalized spacial score (nSPS) is 19.4. The first kappa shape index (κ1) is 14.7. The van der Waals surface area contributed by atoms with Crippen molar-refractivity contribution in [1.29, 1.82) is 0 Å². The summed E-state index contributed by atoms with van der Waals surface area (Å²) in [5.41, 5.74) is 0.0195. The lowest BCUT2D eigenvalue weighted by Gasteiger charge is -2.33. The molecule has 3 rings (SSSR count). The van der Waals surface area contributed by atoms with Crippen molar-refractivity contribution in [3.8, 4) is 0 Å². The van der Waals surface area contributed by atoms with Crippen LogP contribution in [-0.2, 0) is 16.6 Å². The summed E-state index contributed by atoms with van der Waals surface area (Å²) in [6.45, 7) is 0. The average Bonchev–Trinajstić information content (AvgIpc) is 2.56. The molecule has 1 nitrogen and oxygen atoms in total. The fraction of sp³-hybridized carbons (Fsp3) is 0.278. The van der Waals surface area contributed by atoms with Crippen molar-refractivity contribution in [2.75, 3.05) is 0 Å². The highest BCUT2D eigenvalue weighted by atomic mass is 32.4. The molecular formula is C18H19OPS. The smallest absolute Gasteiger partial charge is 0.141 e. The second-order valence-corrected chi connectivity index (χ2v) is 10.3. The molecule has 2 aromatic rings. The van der Waals surface area contributed by atoms with Gasteiger partial charge in [0.2, 0.25) is 0 Å². The molecule has 1 atom stereocenters. The van der Waals surface area contributed by atoms with Crippen LogP contribution in [0.2, 0.25) is 0 Å². The van der Waals surface area contributed by atoms with Crippen LogP contribution in [0.3, 0.4) is 0 Å². The molecule has 0 amide bonds. The Morgan fingerprint density at radius 2 is 1.38 bits per heavy atom. The van der Waals surface area contributed by atoms with Gasteiger partial charge in [-0.3, -0.25) is 4.79 Å². The topological polar surface area (TPSA) is 17.1 Å². The number of rotatable bonds is 3. The van der Waals surface area contributed by atoms with Gasteiger partial charge < -0.3 is 0 Å².